The summed E-state index contributed by atoms with van der Waals surface area (Å²) in [5.74, 6) is -0.0162. The van der Waals surface area contributed by atoms with E-state index < -0.39 is 17.5 Å². The number of rotatable bonds is 4. The number of nitrogens with one attached hydrogen (secondary N) is 1. The lowest BCUT2D eigenvalue weighted by molar-refractivity contribution is 0.0636. The molecule has 14 heteroatoms. The molecule has 0 radical (unpaired) electrons. The fourth-order valence-electron chi connectivity index (χ4n) is 6.99. The van der Waals surface area contributed by atoms with Gasteiger partial charge in [0.15, 0.2) is 5.82 Å². The van der Waals surface area contributed by atoms with Gasteiger partial charge in [-0.25, -0.2) is 19.2 Å². The molecule has 1 aromatic carbocycles. The minimum Gasteiger partial charge on any atom is -0.444 e. The second-order valence-corrected chi connectivity index (χ2v) is 14.8. The Morgan fingerprint density at radius 3 is 2.64 bits per heavy atom. The van der Waals surface area contributed by atoms with Crippen LogP contribution in [0.15, 0.2) is 12.4 Å². The zero-order chi connectivity index (χ0) is 33.2. The van der Waals surface area contributed by atoms with Crippen molar-refractivity contribution < 1.29 is 18.7 Å². The number of halogens is 2. The van der Waals surface area contributed by atoms with E-state index >= 15 is 4.39 Å². The van der Waals surface area contributed by atoms with E-state index in [-0.39, 0.29) is 33.3 Å². The van der Waals surface area contributed by atoms with E-state index in [1.54, 1.807) is 20.8 Å². The summed E-state index contributed by atoms with van der Waals surface area (Å²) in [6.45, 7) is 13.1. The van der Waals surface area contributed by atoms with Gasteiger partial charge >= 0.3 is 6.09 Å². The van der Waals surface area contributed by atoms with Gasteiger partial charge in [-0.15, -0.1) is 11.3 Å². The Bertz CT molecular complexity index is 1950. The van der Waals surface area contributed by atoms with Gasteiger partial charge in [0, 0.05) is 67.3 Å². The number of nitriles is 1. The minimum absolute atomic E-state index is 0.0749. The Kier molecular flexibility index (Phi) is 8.21. The lowest BCUT2D eigenvalue weighted by Crippen LogP contribution is -2.52. The highest BCUT2D eigenvalue weighted by Crippen LogP contribution is 2.48. The average Bonchev–Trinajstić information content (AvgIpc) is 3.75. The van der Waals surface area contributed by atoms with Gasteiger partial charge in [-0.1, -0.05) is 11.6 Å². The first-order valence-corrected chi connectivity index (χ1v) is 16.9. The third kappa shape index (κ3) is 5.66. The quantitative estimate of drug-likeness (QED) is 0.269. The second-order valence-electron chi connectivity index (χ2n) is 13.4. The van der Waals surface area contributed by atoms with Gasteiger partial charge < -0.3 is 19.3 Å². The van der Waals surface area contributed by atoms with Crippen LogP contribution in [0.25, 0.3) is 32.2 Å². The van der Waals surface area contributed by atoms with Crippen LogP contribution in [0.4, 0.5) is 20.1 Å². The third-order valence-electron chi connectivity index (χ3n) is 9.30. The molecule has 2 atom stereocenters. The number of thiophene rings is 1. The number of ether oxygens (including phenoxy) is 2. The lowest BCUT2D eigenvalue weighted by Gasteiger charge is -2.38. The van der Waals surface area contributed by atoms with Gasteiger partial charge in [-0.05, 0) is 52.3 Å². The highest BCUT2D eigenvalue weighted by Gasteiger charge is 2.38. The first-order chi connectivity index (χ1) is 22.4. The number of nitrogens with zero attached hydrogens (tertiary/aromatic N) is 7. The molecule has 7 rings (SSSR count). The van der Waals surface area contributed by atoms with Crippen molar-refractivity contribution in [3.63, 3.8) is 0 Å². The largest absolute Gasteiger partial charge is 0.444 e. The van der Waals surface area contributed by atoms with E-state index in [0.717, 1.165) is 73.2 Å². The van der Waals surface area contributed by atoms with Crippen molar-refractivity contribution >= 4 is 61.0 Å². The molecular weight excluding hydrogens is 643 g/mol. The molecule has 0 aliphatic carbocycles. The van der Waals surface area contributed by atoms with Crippen molar-refractivity contribution in [3.05, 3.63) is 39.9 Å². The molecule has 3 aliphatic heterocycles. The highest BCUT2D eigenvalue weighted by atomic mass is 35.5. The lowest BCUT2D eigenvalue weighted by atomic mass is 9.94. The molecule has 0 bridgehead atoms. The average molecular weight is 679 g/mol. The maximum atomic E-state index is 15.3. The summed E-state index contributed by atoms with van der Waals surface area (Å²) < 4.78 is 26.8. The van der Waals surface area contributed by atoms with Crippen LogP contribution in [0.3, 0.4) is 0 Å². The van der Waals surface area contributed by atoms with E-state index in [1.165, 1.54) is 0 Å². The summed E-state index contributed by atoms with van der Waals surface area (Å²) in [6.07, 6.45) is 3.21. The number of pyridine rings is 1. The van der Waals surface area contributed by atoms with Crippen molar-refractivity contribution in [2.75, 3.05) is 50.0 Å². The Labute approximate surface area is 281 Å². The van der Waals surface area contributed by atoms with Gasteiger partial charge in [0.2, 0.25) is 5.95 Å². The zero-order valence-electron chi connectivity index (χ0n) is 27.0. The second kappa shape index (κ2) is 12.1. The first-order valence-electron chi connectivity index (χ1n) is 15.7. The monoisotopic (exact) mass is 678 g/mol. The van der Waals surface area contributed by atoms with Crippen LogP contribution in [-0.4, -0.2) is 88.3 Å². The molecule has 2 fully saturated rings. The van der Waals surface area contributed by atoms with Gasteiger partial charge in [-0.2, -0.15) is 5.26 Å². The molecule has 2 saturated heterocycles. The fourth-order valence-corrected chi connectivity index (χ4v) is 8.37. The molecule has 0 spiro atoms. The first kappa shape index (κ1) is 31.9. The van der Waals surface area contributed by atoms with E-state index in [1.807, 2.05) is 6.20 Å². The normalized spacial score (nSPS) is 20.6. The third-order valence-corrected chi connectivity index (χ3v) is 10.8. The zero-order valence-corrected chi connectivity index (χ0v) is 28.6. The van der Waals surface area contributed by atoms with Crippen LogP contribution >= 0.6 is 22.9 Å². The maximum Gasteiger partial charge on any atom is 0.412 e. The summed E-state index contributed by atoms with van der Waals surface area (Å²) in [7, 11) is 2.16. The summed E-state index contributed by atoms with van der Waals surface area (Å²) >= 11 is 8.21. The number of carbonyl (C=O) groups is 1. The molecule has 4 aromatic rings. The number of amides is 1. The molecule has 0 unspecified atom stereocenters. The van der Waals surface area contributed by atoms with E-state index in [0.29, 0.717) is 40.4 Å². The number of benzene rings is 1. The van der Waals surface area contributed by atoms with Crippen molar-refractivity contribution in [1.29, 1.82) is 5.26 Å². The molecule has 1 amide bonds. The highest BCUT2D eigenvalue weighted by molar-refractivity contribution is 7.23. The summed E-state index contributed by atoms with van der Waals surface area (Å²) in [5, 5.41) is 14.5. The molecule has 47 heavy (non-hydrogen) atoms. The number of anilines is 2. The molecule has 11 nitrogen and oxygen atoms in total. The number of carbonyl (C=O) groups excluding carboxylic acids is 1. The van der Waals surface area contributed by atoms with Gasteiger partial charge in [0.25, 0.3) is 0 Å². The van der Waals surface area contributed by atoms with Crippen LogP contribution in [-0.2, 0) is 22.7 Å². The van der Waals surface area contributed by atoms with Crippen molar-refractivity contribution in [1.82, 2.24) is 24.8 Å². The topological polar surface area (TPSA) is 120 Å². The maximum absolute atomic E-state index is 15.3. The van der Waals surface area contributed by atoms with Crippen LogP contribution in [0.1, 0.15) is 50.8 Å². The number of aromatic nitrogens is 3. The molecule has 1 N–H and O–H groups in total. The number of fused-ring (bicyclic) bond motifs is 4. The fraction of sp³-hybridized carbons (Fsp3) is 0.485. The summed E-state index contributed by atoms with van der Waals surface area (Å²) in [6, 6.07) is 2.77. The molecule has 0 saturated carbocycles. The predicted octanol–water partition coefficient (Wildman–Crippen LogP) is 6.16. The van der Waals surface area contributed by atoms with E-state index in [9.17, 15) is 10.1 Å². The number of hydrogen-bond donors (Lipinski definition) is 1. The Hall–Kier alpha value is -3.67. The molecule has 3 aliphatic rings. The molecule has 3 aromatic heterocycles. The van der Waals surface area contributed by atoms with Crippen LogP contribution in [0.5, 0.6) is 0 Å². The Morgan fingerprint density at radius 2 is 1.91 bits per heavy atom. The molecular formula is C33H36ClFN8O3S. The van der Waals surface area contributed by atoms with Crippen molar-refractivity contribution in [2.45, 2.75) is 65.0 Å². The number of piperazine rings is 1. The van der Waals surface area contributed by atoms with Crippen LogP contribution in [0, 0.1) is 17.1 Å². The van der Waals surface area contributed by atoms with Crippen LogP contribution < -0.4 is 10.2 Å². The van der Waals surface area contributed by atoms with E-state index in [2.05, 4.69) is 45.0 Å². The summed E-state index contributed by atoms with van der Waals surface area (Å²) in [5.41, 5.74) is 2.40. The standard InChI is InChI=1S/C33H36ClFN8O3S/c1-17-23(42-10-8-41(5)9-11-42)6-7-43(17)31-38-13-19-20-15-45-16-21(20)24(26(34)27(19)39-31)28-25-18(12-36)30(40-32(44)46-33(2,3)4)47-29(25)22(35)14-37-28/h13-14,17,23H,6-11,15-16H2,1-5H3,(H,40,44)/t17-,23+/m0/s1. The van der Waals surface area contributed by atoms with Crippen LogP contribution in [0.2, 0.25) is 5.02 Å². The summed E-state index contributed by atoms with van der Waals surface area (Å²) in [4.78, 5) is 34.2. The molecule has 6 heterocycles. The Morgan fingerprint density at radius 1 is 1.17 bits per heavy atom. The smallest absolute Gasteiger partial charge is 0.412 e. The van der Waals surface area contributed by atoms with Crippen molar-refractivity contribution in [3.8, 4) is 17.3 Å². The SMILES string of the molecule is C[C@H]1[C@H](N2CCN(C)CC2)CCN1c1ncc2c3c(c(-c4ncc(F)c5sc(NC(=O)OC(C)(C)C)c(C#N)c45)c(Cl)c2n1)COC3. The number of likely N-dealkylation sites (N-methyl/N-ethyl adjacent to an activating group) is 1. The Balaban J connectivity index is 1.33. The minimum atomic E-state index is -0.760. The van der Waals surface area contributed by atoms with Gasteiger partial charge in [-0.3, -0.25) is 15.2 Å². The molecule has 246 valence electrons. The number of hydrogen-bond acceptors (Lipinski definition) is 11. The van der Waals surface area contributed by atoms with Gasteiger partial charge in [0.05, 0.1) is 45.9 Å². The van der Waals surface area contributed by atoms with E-state index in [4.69, 9.17) is 31.0 Å². The predicted molar refractivity (Wildman–Crippen MR) is 180 cm³/mol. The van der Waals surface area contributed by atoms with Gasteiger partial charge in [0.1, 0.15) is 16.7 Å². The van der Waals surface area contributed by atoms with Crippen molar-refractivity contribution in [2.24, 2.45) is 0 Å².